The minimum atomic E-state index is -2.03. The van der Waals surface area contributed by atoms with Gasteiger partial charge >= 0.3 is 0 Å². The van der Waals surface area contributed by atoms with E-state index in [1.165, 1.54) is 0 Å². The Hall–Kier alpha value is -9.29. The molecule has 5 aliphatic rings. The summed E-state index contributed by atoms with van der Waals surface area (Å²) in [6.07, 6.45) is 20.6. The fraction of sp³-hybridized carbons (Fsp3) is 0.0714. The molecule has 0 spiro atoms. The molecule has 0 amide bonds. The van der Waals surface area contributed by atoms with Crippen LogP contribution in [0.2, 0.25) is 0 Å². The Labute approximate surface area is 527 Å². The molecule has 1 aliphatic heterocycles. The molecule has 4 atom stereocenters. The minimum Gasteiger partial charge on any atom is -0.457 e. The van der Waals surface area contributed by atoms with Crippen molar-refractivity contribution < 1.29 is 38.1 Å². The van der Waals surface area contributed by atoms with Gasteiger partial charge in [0.15, 0.2) is 0 Å². The molecule has 4 unspecified atom stereocenters. The standard InChI is InChI=1S/C70H42Br4N4O8/c71-47-21-27-61(63(73)37-47)69-75-67(59-30-25-55(35-45(59)41-81)85-51-17-9-3-10-18-51)68(60-31-26-56(36-46(60)42-82)86-52-19-11-4-12-20-52)78(69)70(62-32-22-48(72)38-64(62)74)76-65(57-28-23-53(33-43(57)39-79)83-49-13-5-1-6-14-49)66(77-70)58-29-24-54(34-44(58)40-80)84-50-15-7-2-8-16-50/h1-38,57-60H. The largest absolute Gasteiger partial charge is 0.457 e. The van der Waals surface area contributed by atoms with E-state index < -0.39 is 29.5 Å². The molecular formula is C70H42Br4N4O8. The summed E-state index contributed by atoms with van der Waals surface area (Å²) in [5.74, 6) is 6.76. The average Bonchev–Trinajstić information content (AvgIpc) is 1.56. The van der Waals surface area contributed by atoms with Crippen LogP contribution < -0.4 is 18.9 Å². The highest BCUT2D eigenvalue weighted by Gasteiger charge is 2.50. The van der Waals surface area contributed by atoms with Gasteiger partial charge in [0, 0.05) is 29.0 Å². The van der Waals surface area contributed by atoms with E-state index in [1.807, 2.05) is 120 Å². The third-order valence-electron chi connectivity index (χ3n) is 14.4. The van der Waals surface area contributed by atoms with Crippen molar-refractivity contribution in [3.05, 3.63) is 311 Å². The first kappa shape index (κ1) is 57.2. The molecule has 0 radical (unpaired) electrons. The molecule has 0 bridgehead atoms. The molecule has 12 nitrogen and oxygen atoms in total. The van der Waals surface area contributed by atoms with E-state index in [-0.39, 0.29) is 39.5 Å². The summed E-state index contributed by atoms with van der Waals surface area (Å²) in [6.45, 7) is 0. The molecule has 0 N–H and O–H groups in total. The van der Waals surface area contributed by atoms with E-state index in [2.05, 4.69) is 87.5 Å². The number of rotatable bonds is 15. The molecule has 86 heavy (non-hydrogen) atoms. The predicted molar refractivity (Wildman–Crippen MR) is 343 cm³/mol. The van der Waals surface area contributed by atoms with Crippen LogP contribution in [0.1, 0.15) is 28.8 Å². The van der Waals surface area contributed by atoms with Gasteiger partial charge in [0.05, 0.1) is 68.8 Å². The zero-order valence-corrected chi connectivity index (χ0v) is 51.2. The normalized spacial score (nSPS) is 20.3. The monoisotopic (exact) mass is 1380 g/mol. The van der Waals surface area contributed by atoms with Crippen LogP contribution in [-0.4, -0.2) is 44.7 Å². The smallest absolute Gasteiger partial charge is 0.261 e. The van der Waals surface area contributed by atoms with Crippen molar-refractivity contribution in [1.29, 1.82) is 0 Å². The maximum Gasteiger partial charge on any atom is 0.261 e. The van der Waals surface area contributed by atoms with Crippen molar-refractivity contribution in [3.63, 3.8) is 0 Å². The summed E-state index contributed by atoms with van der Waals surface area (Å²) in [6, 6.07) is 47.8. The number of halogens is 4. The number of allylic oxidation sites excluding steroid dienone is 16. The molecule has 0 fully saturated rings. The Bertz CT molecular complexity index is 4320. The summed E-state index contributed by atoms with van der Waals surface area (Å²) in [7, 11) is 0. The lowest BCUT2D eigenvalue weighted by Crippen LogP contribution is -2.34. The van der Waals surface area contributed by atoms with E-state index in [9.17, 15) is 19.2 Å². The predicted octanol–water partition coefficient (Wildman–Crippen LogP) is 15.7. The molecule has 0 saturated heterocycles. The van der Waals surface area contributed by atoms with Crippen molar-refractivity contribution in [2.24, 2.45) is 21.8 Å². The molecular weight excluding hydrogens is 1340 g/mol. The lowest BCUT2D eigenvalue weighted by Gasteiger charge is -2.33. The molecule has 418 valence electrons. The highest BCUT2D eigenvalue weighted by molar-refractivity contribution is 9.11. The van der Waals surface area contributed by atoms with Gasteiger partial charge in [-0.1, -0.05) is 151 Å². The van der Waals surface area contributed by atoms with Crippen molar-refractivity contribution in [1.82, 2.24) is 9.55 Å². The van der Waals surface area contributed by atoms with Crippen LogP contribution in [0.3, 0.4) is 0 Å². The molecule has 12 rings (SSSR count). The van der Waals surface area contributed by atoms with Crippen LogP contribution in [-0.2, 0) is 25.0 Å². The lowest BCUT2D eigenvalue weighted by molar-refractivity contribution is 0.386. The van der Waals surface area contributed by atoms with Gasteiger partial charge < -0.3 is 18.9 Å². The lowest BCUT2D eigenvalue weighted by atomic mass is 9.81. The third-order valence-corrected chi connectivity index (χ3v) is 16.7. The molecule has 4 aliphatic carbocycles. The van der Waals surface area contributed by atoms with E-state index in [4.69, 9.17) is 33.9 Å². The van der Waals surface area contributed by atoms with Gasteiger partial charge in [0.1, 0.15) is 75.6 Å². The SMILES string of the molecule is O=C=C1C=C(Oc2ccccc2)C=CC1C1=NC(c2ccc(Br)cc2Br)(n2c(-c3ccc(Br)cc3Br)nc(C3C=CC(Oc4ccccc4)=CC3=C=O)c2C2C=CC(Oc3ccccc3)=CC2=C=O)N=C1C1C=CC(Oc2ccccc2)=CC1=C=O. The van der Waals surface area contributed by atoms with Crippen molar-refractivity contribution in [2.45, 2.75) is 17.6 Å². The topological polar surface area (TPSA) is 148 Å². The van der Waals surface area contributed by atoms with Crippen LogP contribution in [0.15, 0.2) is 304 Å². The number of aromatic nitrogens is 2. The van der Waals surface area contributed by atoms with Gasteiger partial charge in [-0.2, -0.15) is 0 Å². The number of ether oxygens (including phenoxy) is 4. The van der Waals surface area contributed by atoms with Gasteiger partial charge in [0.25, 0.3) is 5.79 Å². The number of hydrogen-bond acceptors (Lipinski definition) is 11. The zero-order chi connectivity index (χ0) is 59.3. The fourth-order valence-electron chi connectivity index (χ4n) is 10.6. The Morgan fingerprint density at radius 1 is 0.419 bits per heavy atom. The van der Waals surface area contributed by atoms with Gasteiger partial charge in [-0.25, -0.2) is 34.1 Å². The van der Waals surface area contributed by atoms with E-state index in [0.29, 0.717) is 82.0 Å². The number of aliphatic imine (C=N–C) groups is 2. The van der Waals surface area contributed by atoms with Crippen molar-refractivity contribution in [3.8, 4) is 34.4 Å². The Balaban J connectivity index is 1.15. The Kier molecular flexibility index (Phi) is 16.7. The quantitative estimate of drug-likeness (QED) is 0.0915. The minimum absolute atomic E-state index is 0.133. The second-order valence-corrected chi connectivity index (χ2v) is 23.4. The van der Waals surface area contributed by atoms with Crippen LogP contribution in [0.25, 0.3) is 11.4 Å². The van der Waals surface area contributed by atoms with Gasteiger partial charge in [-0.05, 0) is 143 Å². The highest BCUT2D eigenvalue weighted by Crippen LogP contribution is 2.51. The maximum atomic E-state index is 13.9. The molecule has 6 aromatic carbocycles. The summed E-state index contributed by atoms with van der Waals surface area (Å²) in [5, 5.41) is 0. The van der Waals surface area contributed by atoms with E-state index in [1.54, 1.807) is 115 Å². The number of carbonyl (C=O) groups excluding carboxylic acids is 4. The Morgan fingerprint density at radius 3 is 1.17 bits per heavy atom. The first-order valence-corrected chi connectivity index (χ1v) is 29.9. The van der Waals surface area contributed by atoms with E-state index in [0.717, 1.165) is 4.47 Å². The van der Waals surface area contributed by atoms with E-state index >= 15 is 0 Å². The average molecular weight is 1390 g/mol. The summed E-state index contributed by atoms with van der Waals surface area (Å²) in [4.78, 5) is 72.2. The number of imidazole rings is 1. The molecule has 16 heteroatoms. The molecule has 2 heterocycles. The van der Waals surface area contributed by atoms with Gasteiger partial charge in [-0.15, -0.1) is 0 Å². The number of benzene rings is 6. The number of nitrogens with zero attached hydrogens (tertiary/aromatic N) is 4. The van der Waals surface area contributed by atoms with Crippen molar-refractivity contribution >= 4 is 98.9 Å². The highest BCUT2D eigenvalue weighted by atomic mass is 79.9. The van der Waals surface area contributed by atoms with Crippen LogP contribution in [0.5, 0.6) is 23.0 Å². The van der Waals surface area contributed by atoms with Crippen molar-refractivity contribution in [2.75, 3.05) is 0 Å². The first-order chi connectivity index (χ1) is 42.0. The zero-order valence-electron chi connectivity index (χ0n) is 44.8. The fourth-order valence-corrected chi connectivity index (χ4v) is 13.1. The van der Waals surface area contributed by atoms with Crippen LogP contribution in [0, 0.1) is 11.8 Å². The van der Waals surface area contributed by atoms with Gasteiger partial charge in [-0.3, -0.25) is 4.57 Å². The number of hydrogen-bond donors (Lipinski definition) is 0. The second-order valence-electron chi connectivity index (χ2n) is 19.8. The van der Waals surface area contributed by atoms with Crippen LogP contribution >= 0.6 is 63.7 Å². The molecule has 0 saturated carbocycles. The number of para-hydroxylation sites is 4. The first-order valence-electron chi connectivity index (χ1n) is 26.8. The van der Waals surface area contributed by atoms with Crippen LogP contribution in [0.4, 0.5) is 0 Å². The maximum absolute atomic E-state index is 13.9. The Morgan fingerprint density at radius 2 is 0.779 bits per heavy atom. The summed E-state index contributed by atoms with van der Waals surface area (Å²) >= 11 is 15.2. The summed E-state index contributed by atoms with van der Waals surface area (Å²) < 4.78 is 29.6. The third kappa shape index (κ3) is 11.6. The molecule has 1 aromatic heterocycles. The van der Waals surface area contributed by atoms with Gasteiger partial charge in [0.2, 0.25) is 0 Å². The summed E-state index contributed by atoms with van der Waals surface area (Å²) in [5.41, 5.74) is 2.75. The molecule has 7 aromatic rings. The second kappa shape index (κ2) is 25.1.